The van der Waals surface area contributed by atoms with Crippen molar-refractivity contribution in [3.63, 3.8) is 0 Å². The molecule has 0 spiro atoms. The molecule has 15 nitrogen and oxygen atoms in total. The summed E-state index contributed by atoms with van der Waals surface area (Å²) < 4.78 is 30.3. The molecule has 3 aromatic carbocycles. The first-order valence-corrected chi connectivity index (χ1v) is 20.5. The third kappa shape index (κ3) is 7.29. The second-order valence-corrected chi connectivity index (χ2v) is 17.4. The Morgan fingerprint density at radius 3 is 1.95 bits per heavy atom. The molecule has 11 atom stereocenters. The van der Waals surface area contributed by atoms with Crippen molar-refractivity contribution in [1.29, 1.82) is 0 Å². The van der Waals surface area contributed by atoms with E-state index in [2.05, 4.69) is 5.32 Å². The van der Waals surface area contributed by atoms with E-state index in [0.29, 0.717) is 5.56 Å². The summed E-state index contributed by atoms with van der Waals surface area (Å²) in [5, 5.41) is 40.2. The molecule has 1 amide bonds. The van der Waals surface area contributed by atoms with Crippen LogP contribution in [-0.4, -0.2) is 105 Å². The Balaban J connectivity index is 1.39. The zero-order chi connectivity index (χ0) is 44.9. The van der Waals surface area contributed by atoms with Gasteiger partial charge in [-0.05, 0) is 54.8 Å². The van der Waals surface area contributed by atoms with Crippen LogP contribution in [0.5, 0.6) is 0 Å². The van der Waals surface area contributed by atoms with E-state index in [1.54, 1.807) is 92.7 Å². The Bertz CT molecular complexity index is 2280. The zero-order valence-electron chi connectivity index (χ0n) is 35.2. The van der Waals surface area contributed by atoms with Crippen LogP contribution in [0.2, 0.25) is 0 Å². The fourth-order valence-electron chi connectivity index (χ4n) is 10.2. The molecule has 2 saturated carbocycles. The van der Waals surface area contributed by atoms with Gasteiger partial charge in [0.1, 0.15) is 23.9 Å². The maximum Gasteiger partial charge on any atom is 0.338 e. The lowest BCUT2D eigenvalue weighted by molar-refractivity contribution is -0.346. The number of aliphatic hydroxyl groups is 3. The van der Waals surface area contributed by atoms with E-state index in [1.807, 2.05) is 0 Å². The maximum atomic E-state index is 15.5. The molecule has 1 saturated heterocycles. The fourth-order valence-corrected chi connectivity index (χ4v) is 10.2. The normalized spacial score (nSPS) is 31.9. The summed E-state index contributed by atoms with van der Waals surface area (Å²) in [6, 6.07) is 22.9. The Labute approximate surface area is 358 Å². The number of rotatable bonds is 10. The van der Waals surface area contributed by atoms with Crippen LogP contribution in [0.3, 0.4) is 0 Å². The minimum absolute atomic E-state index is 0.00289. The highest BCUT2D eigenvalue weighted by atomic mass is 16.6. The van der Waals surface area contributed by atoms with Crippen molar-refractivity contribution in [3.8, 4) is 0 Å². The number of hydrogen-bond acceptors (Lipinski definition) is 14. The quantitative estimate of drug-likeness (QED) is 0.130. The predicted octanol–water partition coefficient (Wildman–Crippen LogP) is 3.74. The average Bonchev–Trinajstić information content (AvgIpc) is 3.24. The van der Waals surface area contributed by atoms with Crippen molar-refractivity contribution in [1.82, 2.24) is 5.32 Å². The number of ketones is 1. The highest BCUT2D eigenvalue weighted by molar-refractivity contribution is 5.96. The Morgan fingerprint density at radius 2 is 1.40 bits per heavy atom. The van der Waals surface area contributed by atoms with Crippen LogP contribution in [0.1, 0.15) is 86.7 Å². The molecule has 62 heavy (non-hydrogen) atoms. The molecule has 4 N–H and O–H groups in total. The van der Waals surface area contributed by atoms with E-state index in [1.165, 1.54) is 26.0 Å². The van der Waals surface area contributed by atoms with Crippen molar-refractivity contribution in [3.05, 3.63) is 119 Å². The van der Waals surface area contributed by atoms with E-state index in [9.17, 15) is 39.3 Å². The third-order valence-electron chi connectivity index (χ3n) is 13.5. The highest BCUT2D eigenvalue weighted by Crippen LogP contribution is 2.64. The average molecular weight is 854 g/mol. The summed E-state index contributed by atoms with van der Waals surface area (Å²) in [6.45, 7) is 7.97. The zero-order valence-corrected chi connectivity index (χ0v) is 35.2. The number of ether oxygens (including phenoxy) is 5. The molecular weight excluding hydrogens is 803 g/mol. The standard InChI is InChI=1S/C47H51NO14/c1-25-31(60-43(56)36(52)35(28-16-10-7-11-17-28)48-41(54)29-18-12-8-13-19-29)23-47(57)40(61-42(55)30-20-14-9-15-21-30)38-45(6,32(51)22-33-46(38,24-58-33)62-27(3)50)39(53)37(59-26(2)49)34(25)44(47,4)5/h7-21,31-33,35-38,40,51-52,57H,22-24H2,1-6H3,(H,48,54)/t31-,32-,33+,35?,36?,37+,38-,40-,45+,46-,47+/m0/s1. The highest BCUT2D eigenvalue weighted by Gasteiger charge is 2.78. The van der Waals surface area contributed by atoms with Crippen molar-refractivity contribution in [2.24, 2.45) is 16.7 Å². The van der Waals surface area contributed by atoms with Crippen LogP contribution in [0, 0.1) is 16.7 Å². The van der Waals surface area contributed by atoms with Crippen molar-refractivity contribution in [2.75, 3.05) is 6.61 Å². The summed E-state index contributed by atoms with van der Waals surface area (Å²) in [5.41, 5.74) is -7.02. The minimum Gasteiger partial charge on any atom is -0.456 e. The van der Waals surface area contributed by atoms with Gasteiger partial charge >= 0.3 is 23.9 Å². The first-order valence-electron chi connectivity index (χ1n) is 20.5. The first kappa shape index (κ1) is 44.3. The molecule has 3 aromatic rings. The predicted molar refractivity (Wildman–Crippen MR) is 218 cm³/mol. The summed E-state index contributed by atoms with van der Waals surface area (Å²) >= 11 is 0. The van der Waals surface area contributed by atoms with E-state index in [4.69, 9.17) is 23.7 Å². The number of aliphatic hydroxyl groups excluding tert-OH is 2. The minimum atomic E-state index is -2.39. The van der Waals surface area contributed by atoms with Crippen LogP contribution in [0.25, 0.3) is 0 Å². The molecule has 3 fully saturated rings. The van der Waals surface area contributed by atoms with E-state index >= 15 is 4.79 Å². The van der Waals surface area contributed by atoms with Gasteiger partial charge in [0.15, 0.2) is 23.6 Å². The number of amides is 1. The van der Waals surface area contributed by atoms with Crippen LogP contribution < -0.4 is 5.32 Å². The number of Topliss-reactive ketones (excluding diaryl/α,β-unsaturated/α-hetero) is 1. The van der Waals surface area contributed by atoms with Gasteiger partial charge < -0.3 is 44.3 Å². The molecular formula is C47H51NO14. The van der Waals surface area contributed by atoms with Gasteiger partial charge in [0, 0.05) is 37.7 Å². The summed E-state index contributed by atoms with van der Waals surface area (Å²) in [7, 11) is 0. The molecule has 328 valence electrons. The van der Waals surface area contributed by atoms with Crippen molar-refractivity contribution < 1.29 is 67.8 Å². The smallest absolute Gasteiger partial charge is 0.338 e. The Hall–Kier alpha value is -5.74. The maximum absolute atomic E-state index is 15.5. The molecule has 7 rings (SSSR count). The molecule has 2 bridgehead atoms. The van der Waals surface area contributed by atoms with Crippen LogP contribution in [0.4, 0.5) is 0 Å². The first-order chi connectivity index (χ1) is 29.3. The number of carbonyl (C=O) groups is 6. The van der Waals surface area contributed by atoms with E-state index in [0.717, 1.165) is 13.8 Å². The SMILES string of the molecule is CC(=O)O[C@H]1C(=O)[C@@]2(C)[C@H]([C@H](OC(=O)c3ccccc3)[C@]3(O)C[C@H](OC(=O)C(O)C(NC(=O)c4ccccc4)c4ccccc4)C(C)=C1C3(C)C)[C@]1(OC(C)=O)CO[C@@H]1C[C@@H]2O. The van der Waals surface area contributed by atoms with Gasteiger partial charge in [-0.2, -0.15) is 0 Å². The Kier molecular flexibility index (Phi) is 11.8. The summed E-state index contributed by atoms with van der Waals surface area (Å²) in [4.78, 5) is 83.5. The van der Waals surface area contributed by atoms with Crippen LogP contribution in [0.15, 0.2) is 102 Å². The third-order valence-corrected chi connectivity index (χ3v) is 13.5. The largest absolute Gasteiger partial charge is 0.456 e. The number of nitrogens with one attached hydrogen (secondary N) is 1. The molecule has 1 aliphatic heterocycles. The number of benzene rings is 3. The lowest BCUT2D eigenvalue weighted by atomic mass is 9.44. The van der Waals surface area contributed by atoms with Gasteiger partial charge in [0.05, 0.1) is 35.6 Å². The lowest BCUT2D eigenvalue weighted by Gasteiger charge is -2.67. The molecule has 15 heteroatoms. The Morgan fingerprint density at radius 1 is 0.823 bits per heavy atom. The van der Waals surface area contributed by atoms with Crippen LogP contribution in [-0.2, 0) is 42.9 Å². The van der Waals surface area contributed by atoms with E-state index < -0.39 is 113 Å². The van der Waals surface area contributed by atoms with Gasteiger partial charge in [0.25, 0.3) is 5.91 Å². The second kappa shape index (κ2) is 16.5. The number of esters is 4. The van der Waals surface area contributed by atoms with Gasteiger partial charge in [-0.25, -0.2) is 9.59 Å². The molecule has 0 aromatic heterocycles. The number of hydrogen-bond donors (Lipinski definition) is 4. The summed E-state index contributed by atoms with van der Waals surface area (Å²) in [5.74, 6) is -6.84. The van der Waals surface area contributed by atoms with Crippen molar-refractivity contribution >= 4 is 35.6 Å². The lowest BCUT2D eigenvalue weighted by Crippen LogP contribution is -2.82. The number of carbonyl (C=O) groups excluding carboxylic acids is 6. The second-order valence-electron chi connectivity index (χ2n) is 17.4. The number of fused-ring (bicyclic) bond motifs is 5. The molecule has 1 heterocycles. The topological polar surface area (TPSA) is 221 Å². The van der Waals surface area contributed by atoms with E-state index in [-0.39, 0.29) is 35.3 Å². The van der Waals surface area contributed by atoms with Gasteiger partial charge in [-0.3, -0.25) is 19.2 Å². The van der Waals surface area contributed by atoms with Crippen LogP contribution >= 0.6 is 0 Å². The monoisotopic (exact) mass is 853 g/mol. The molecule has 2 unspecified atom stereocenters. The van der Waals surface area contributed by atoms with Gasteiger partial charge in [-0.15, -0.1) is 0 Å². The summed E-state index contributed by atoms with van der Waals surface area (Å²) in [6.07, 6.45) is -10.5. The molecule has 0 radical (unpaired) electrons. The van der Waals surface area contributed by atoms with Gasteiger partial charge in [0.2, 0.25) is 0 Å². The fraction of sp³-hybridized carbons (Fsp3) is 0.447. The van der Waals surface area contributed by atoms with Gasteiger partial charge in [-0.1, -0.05) is 80.6 Å². The molecule has 4 aliphatic rings. The molecule has 3 aliphatic carbocycles. The van der Waals surface area contributed by atoms with Crippen molar-refractivity contribution in [2.45, 2.75) is 108 Å².